The summed E-state index contributed by atoms with van der Waals surface area (Å²) in [5, 5.41) is 23.6. The number of aliphatic hydroxyl groups is 1. The van der Waals surface area contributed by atoms with Gasteiger partial charge in [0.1, 0.15) is 5.84 Å². The number of nitrogens with one attached hydrogen (secondary N) is 1. The van der Waals surface area contributed by atoms with Crippen LogP contribution in [0.2, 0.25) is 0 Å². The number of aliphatic hydroxyl groups excluding tert-OH is 1. The van der Waals surface area contributed by atoms with E-state index in [9.17, 15) is 0 Å². The Bertz CT molecular complexity index is 205. The Hall–Kier alpha value is -0.810. The predicted molar refractivity (Wildman–Crippen MR) is 61.0 cm³/mol. The van der Waals surface area contributed by atoms with Gasteiger partial charge in [0.15, 0.2) is 0 Å². The second kappa shape index (κ2) is 6.63. The fourth-order valence-electron chi connectivity index (χ4n) is 1.19. The topological polar surface area (TPSA) is 90.9 Å². The minimum atomic E-state index is -0.305. The van der Waals surface area contributed by atoms with Gasteiger partial charge >= 0.3 is 0 Å². The molecule has 0 rings (SSSR count). The smallest absolute Gasteiger partial charge is 0.144 e. The van der Waals surface area contributed by atoms with E-state index in [0.29, 0.717) is 0 Å². The van der Waals surface area contributed by atoms with Crippen LogP contribution in [0.4, 0.5) is 0 Å². The summed E-state index contributed by atoms with van der Waals surface area (Å²) in [5.74, 6) is 0.249. The molecule has 0 aromatic carbocycles. The van der Waals surface area contributed by atoms with Crippen molar-refractivity contribution < 1.29 is 10.3 Å². The number of rotatable bonds is 7. The minimum Gasteiger partial charge on any atom is -0.409 e. The lowest BCUT2D eigenvalue weighted by Gasteiger charge is -2.24. The molecule has 0 spiro atoms. The van der Waals surface area contributed by atoms with Gasteiger partial charge in [0.2, 0.25) is 0 Å². The van der Waals surface area contributed by atoms with Crippen LogP contribution >= 0.6 is 0 Å². The van der Waals surface area contributed by atoms with Crippen LogP contribution < -0.4 is 11.1 Å². The van der Waals surface area contributed by atoms with Crippen LogP contribution in [0.1, 0.15) is 33.6 Å². The molecule has 0 aliphatic carbocycles. The summed E-state index contributed by atoms with van der Waals surface area (Å²) in [5.41, 5.74) is 5.25. The van der Waals surface area contributed by atoms with Crippen LogP contribution in [0.3, 0.4) is 0 Å². The molecule has 5 N–H and O–H groups in total. The Morgan fingerprint density at radius 2 is 2.13 bits per heavy atom. The zero-order valence-corrected chi connectivity index (χ0v) is 9.82. The quantitative estimate of drug-likeness (QED) is 0.216. The largest absolute Gasteiger partial charge is 0.409 e. The SMILES string of the molecule is CC(CCO)NCCC(C)(C)C(N)=NO. The van der Waals surface area contributed by atoms with Crippen LogP contribution in [-0.2, 0) is 0 Å². The summed E-state index contributed by atoms with van der Waals surface area (Å²) >= 11 is 0. The van der Waals surface area contributed by atoms with Crippen LogP contribution in [0, 0.1) is 5.41 Å². The van der Waals surface area contributed by atoms with Crippen LogP contribution in [0.5, 0.6) is 0 Å². The number of oxime groups is 1. The van der Waals surface area contributed by atoms with E-state index in [0.717, 1.165) is 19.4 Å². The fourth-order valence-corrected chi connectivity index (χ4v) is 1.19. The molecule has 5 heteroatoms. The summed E-state index contributed by atoms with van der Waals surface area (Å²) in [6.07, 6.45) is 1.53. The molecule has 0 bridgehead atoms. The van der Waals surface area contributed by atoms with Crippen LogP contribution in [0.25, 0.3) is 0 Å². The van der Waals surface area contributed by atoms with Crippen LogP contribution in [-0.4, -0.2) is 35.3 Å². The van der Waals surface area contributed by atoms with E-state index in [-0.39, 0.29) is 23.9 Å². The first-order chi connectivity index (χ1) is 6.94. The average molecular weight is 217 g/mol. The van der Waals surface area contributed by atoms with Gasteiger partial charge in [0.05, 0.1) is 0 Å². The highest BCUT2D eigenvalue weighted by Gasteiger charge is 2.22. The summed E-state index contributed by atoms with van der Waals surface area (Å²) in [6, 6.07) is 0.290. The van der Waals surface area contributed by atoms with Gasteiger partial charge in [-0.15, -0.1) is 0 Å². The first kappa shape index (κ1) is 14.2. The Kier molecular flexibility index (Phi) is 6.27. The van der Waals surface area contributed by atoms with Gasteiger partial charge in [-0.1, -0.05) is 19.0 Å². The van der Waals surface area contributed by atoms with Crippen molar-refractivity contribution in [2.45, 2.75) is 39.7 Å². The molecule has 0 amide bonds. The number of hydrogen-bond donors (Lipinski definition) is 4. The lowest BCUT2D eigenvalue weighted by Crippen LogP contribution is -2.37. The first-order valence-electron chi connectivity index (χ1n) is 5.26. The fraction of sp³-hybridized carbons (Fsp3) is 0.900. The summed E-state index contributed by atoms with van der Waals surface area (Å²) < 4.78 is 0. The van der Waals surface area contributed by atoms with E-state index in [1.165, 1.54) is 0 Å². The van der Waals surface area contributed by atoms with E-state index in [1.807, 2.05) is 20.8 Å². The van der Waals surface area contributed by atoms with E-state index in [2.05, 4.69) is 10.5 Å². The van der Waals surface area contributed by atoms with Crippen molar-refractivity contribution in [3.05, 3.63) is 0 Å². The maximum absolute atomic E-state index is 8.71. The molecule has 0 aromatic rings. The molecule has 0 aromatic heterocycles. The molecule has 5 nitrogen and oxygen atoms in total. The van der Waals surface area contributed by atoms with E-state index in [1.54, 1.807) is 0 Å². The zero-order chi connectivity index (χ0) is 11.9. The van der Waals surface area contributed by atoms with Crippen molar-refractivity contribution in [2.24, 2.45) is 16.3 Å². The number of amidine groups is 1. The van der Waals surface area contributed by atoms with Crippen molar-refractivity contribution in [2.75, 3.05) is 13.2 Å². The molecule has 0 aliphatic rings. The molecule has 1 unspecified atom stereocenters. The van der Waals surface area contributed by atoms with Gasteiger partial charge in [-0.3, -0.25) is 0 Å². The predicted octanol–water partition coefficient (Wildman–Crippen LogP) is 0.510. The highest BCUT2D eigenvalue weighted by molar-refractivity contribution is 5.85. The average Bonchev–Trinajstić information content (AvgIpc) is 2.16. The second-order valence-electron chi connectivity index (χ2n) is 4.49. The van der Waals surface area contributed by atoms with Gasteiger partial charge in [0.25, 0.3) is 0 Å². The Morgan fingerprint density at radius 1 is 1.53 bits per heavy atom. The van der Waals surface area contributed by atoms with Gasteiger partial charge in [-0.2, -0.15) is 0 Å². The van der Waals surface area contributed by atoms with Gasteiger partial charge in [-0.05, 0) is 26.3 Å². The molecule has 15 heavy (non-hydrogen) atoms. The lowest BCUT2D eigenvalue weighted by molar-refractivity contribution is 0.266. The molecule has 1 atom stereocenters. The molecule has 0 radical (unpaired) electrons. The molecular weight excluding hydrogens is 194 g/mol. The Morgan fingerprint density at radius 3 is 2.60 bits per heavy atom. The van der Waals surface area contributed by atoms with Crippen molar-refractivity contribution in [3.8, 4) is 0 Å². The standard InChI is InChI=1S/C10H23N3O2/c1-8(4-7-14)12-6-5-10(2,3)9(11)13-15/h8,12,14-15H,4-7H2,1-3H3,(H2,11,13). The van der Waals surface area contributed by atoms with Crippen molar-refractivity contribution in [3.63, 3.8) is 0 Å². The van der Waals surface area contributed by atoms with Gasteiger partial charge in [0, 0.05) is 18.1 Å². The maximum Gasteiger partial charge on any atom is 0.144 e. The molecule has 0 saturated carbocycles. The third-order valence-corrected chi connectivity index (χ3v) is 2.61. The Balaban J connectivity index is 3.85. The van der Waals surface area contributed by atoms with E-state index >= 15 is 0 Å². The van der Waals surface area contributed by atoms with E-state index < -0.39 is 0 Å². The number of nitrogens with zero attached hydrogens (tertiary/aromatic N) is 1. The summed E-state index contributed by atoms with van der Waals surface area (Å²) in [7, 11) is 0. The molecule has 0 aliphatic heterocycles. The van der Waals surface area contributed by atoms with Gasteiger partial charge < -0.3 is 21.4 Å². The normalized spacial score (nSPS) is 15.3. The Labute approximate surface area is 91.4 Å². The molecular formula is C10H23N3O2. The summed E-state index contributed by atoms with van der Waals surface area (Å²) in [6.45, 7) is 6.86. The zero-order valence-electron chi connectivity index (χ0n) is 9.82. The minimum absolute atomic E-state index is 0.192. The first-order valence-corrected chi connectivity index (χ1v) is 5.26. The highest BCUT2D eigenvalue weighted by atomic mass is 16.4. The molecule has 0 fully saturated rings. The van der Waals surface area contributed by atoms with Crippen molar-refractivity contribution >= 4 is 5.84 Å². The summed E-state index contributed by atoms with van der Waals surface area (Å²) in [4.78, 5) is 0. The van der Waals surface area contributed by atoms with E-state index in [4.69, 9.17) is 16.0 Å². The molecule has 0 heterocycles. The van der Waals surface area contributed by atoms with Gasteiger partial charge in [-0.25, -0.2) is 0 Å². The third-order valence-electron chi connectivity index (χ3n) is 2.61. The highest BCUT2D eigenvalue weighted by Crippen LogP contribution is 2.19. The molecule has 90 valence electrons. The lowest BCUT2D eigenvalue weighted by atomic mass is 9.88. The van der Waals surface area contributed by atoms with Crippen molar-refractivity contribution in [1.82, 2.24) is 5.32 Å². The van der Waals surface area contributed by atoms with Crippen molar-refractivity contribution in [1.29, 1.82) is 0 Å². The number of hydrogen-bond acceptors (Lipinski definition) is 4. The van der Waals surface area contributed by atoms with Crippen LogP contribution in [0.15, 0.2) is 5.16 Å². The molecule has 0 saturated heterocycles. The monoisotopic (exact) mass is 217 g/mol. The second-order valence-corrected chi connectivity index (χ2v) is 4.49. The number of nitrogens with two attached hydrogens (primary N) is 1. The third kappa shape index (κ3) is 5.59. The maximum atomic E-state index is 8.71.